The summed E-state index contributed by atoms with van der Waals surface area (Å²) < 4.78 is 40.9. The molecule has 0 fully saturated rings. The van der Waals surface area contributed by atoms with Gasteiger partial charge in [0.2, 0.25) is 5.78 Å². The molecule has 0 atom stereocenters. The lowest BCUT2D eigenvalue weighted by molar-refractivity contribution is -0.141. The van der Waals surface area contributed by atoms with Crippen LogP contribution in [0.4, 0.5) is 13.2 Å². The zero-order valence-corrected chi connectivity index (χ0v) is 10.9. The first-order chi connectivity index (χ1) is 10.4. The SMILES string of the molecule is O=c1cc(C(F)(F)F)nc2n1nc1ccc3ccccc3n12. The molecule has 3 aromatic heterocycles. The highest BCUT2D eigenvalue weighted by molar-refractivity contribution is 5.83. The monoisotopic (exact) mass is 304 g/mol. The lowest BCUT2D eigenvalue weighted by atomic mass is 10.2. The van der Waals surface area contributed by atoms with Gasteiger partial charge in [-0.2, -0.15) is 17.7 Å². The zero-order chi connectivity index (χ0) is 15.5. The third kappa shape index (κ3) is 1.70. The molecule has 0 aliphatic rings. The minimum atomic E-state index is -4.69. The van der Waals surface area contributed by atoms with E-state index in [1.807, 2.05) is 12.1 Å². The van der Waals surface area contributed by atoms with E-state index in [2.05, 4.69) is 10.1 Å². The van der Waals surface area contributed by atoms with Crippen LogP contribution in [0.1, 0.15) is 5.69 Å². The molecular weight excluding hydrogens is 297 g/mol. The number of pyridine rings is 1. The van der Waals surface area contributed by atoms with Crippen LogP contribution in [0.2, 0.25) is 0 Å². The number of rotatable bonds is 0. The second-order valence-corrected chi connectivity index (χ2v) is 4.77. The Bertz CT molecular complexity index is 1090. The summed E-state index contributed by atoms with van der Waals surface area (Å²) in [6, 6.07) is 11.0. The zero-order valence-electron chi connectivity index (χ0n) is 10.9. The van der Waals surface area contributed by atoms with E-state index in [-0.39, 0.29) is 5.78 Å². The van der Waals surface area contributed by atoms with Gasteiger partial charge in [0.05, 0.1) is 5.52 Å². The van der Waals surface area contributed by atoms with Crippen molar-refractivity contribution in [2.24, 2.45) is 0 Å². The first-order valence-corrected chi connectivity index (χ1v) is 6.33. The van der Waals surface area contributed by atoms with Crippen LogP contribution in [0.5, 0.6) is 0 Å². The molecular formula is C14H7F3N4O. The van der Waals surface area contributed by atoms with E-state index in [0.717, 1.165) is 9.90 Å². The van der Waals surface area contributed by atoms with Crippen molar-refractivity contribution in [2.75, 3.05) is 0 Å². The highest BCUT2D eigenvalue weighted by Gasteiger charge is 2.34. The predicted octanol–water partition coefficient (Wildman–Crippen LogP) is 2.51. The molecule has 0 saturated heterocycles. The van der Waals surface area contributed by atoms with Crippen LogP contribution in [0, 0.1) is 0 Å². The van der Waals surface area contributed by atoms with Crippen molar-refractivity contribution in [1.29, 1.82) is 0 Å². The van der Waals surface area contributed by atoms with Crippen LogP contribution in [0.25, 0.3) is 22.3 Å². The fourth-order valence-corrected chi connectivity index (χ4v) is 2.43. The number of aromatic nitrogens is 4. The van der Waals surface area contributed by atoms with Crippen molar-refractivity contribution in [3.05, 3.63) is 58.5 Å². The van der Waals surface area contributed by atoms with Crippen LogP contribution in [0.15, 0.2) is 47.3 Å². The minimum Gasteiger partial charge on any atom is -0.267 e. The van der Waals surface area contributed by atoms with E-state index in [0.29, 0.717) is 17.2 Å². The fourth-order valence-electron chi connectivity index (χ4n) is 2.43. The lowest BCUT2D eigenvalue weighted by Gasteiger charge is -2.05. The Morgan fingerprint density at radius 1 is 1.05 bits per heavy atom. The van der Waals surface area contributed by atoms with Crippen molar-refractivity contribution in [1.82, 2.24) is 19.0 Å². The molecule has 0 radical (unpaired) electrons. The largest absolute Gasteiger partial charge is 0.433 e. The Hall–Kier alpha value is -2.90. The predicted molar refractivity (Wildman–Crippen MR) is 72.7 cm³/mol. The van der Waals surface area contributed by atoms with Gasteiger partial charge < -0.3 is 0 Å². The quantitative estimate of drug-likeness (QED) is 0.501. The Balaban J connectivity index is 2.26. The molecule has 0 amide bonds. The van der Waals surface area contributed by atoms with Crippen LogP contribution < -0.4 is 5.56 Å². The van der Waals surface area contributed by atoms with Gasteiger partial charge in [-0.25, -0.2) is 4.98 Å². The molecule has 4 rings (SSSR count). The van der Waals surface area contributed by atoms with Gasteiger partial charge in [0.25, 0.3) is 5.56 Å². The number of halogens is 3. The van der Waals surface area contributed by atoms with E-state index in [1.54, 1.807) is 24.3 Å². The van der Waals surface area contributed by atoms with Crippen molar-refractivity contribution >= 4 is 22.3 Å². The minimum absolute atomic E-state index is 0.161. The number of fused-ring (bicyclic) bond motifs is 5. The van der Waals surface area contributed by atoms with Gasteiger partial charge in [-0.15, -0.1) is 5.10 Å². The van der Waals surface area contributed by atoms with Crippen molar-refractivity contribution in [3.8, 4) is 0 Å². The number of hydrogen-bond acceptors (Lipinski definition) is 3. The third-order valence-corrected chi connectivity index (χ3v) is 3.39. The highest BCUT2D eigenvalue weighted by atomic mass is 19.4. The Morgan fingerprint density at radius 3 is 2.59 bits per heavy atom. The summed E-state index contributed by atoms with van der Waals surface area (Å²) in [5, 5.41) is 4.83. The van der Waals surface area contributed by atoms with Gasteiger partial charge in [-0.3, -0.25) is 9.20 Å². The highest BCUT2D eigenvalue weighted by Crippen LogP contribution is 2.27. The van der Waals surface area contributed by atoms with Crippen LogP contribution in [-0.2, 0) is 6.18 Å². The van der Waals surface area contributed by atoms with Crippen LogP contribution in [0.3, 0.4) is 0 Å². The third-order valence-electron chi connectivity index (χ3n) is 3.39. The van der Waals surface area contributed by atoms with Crippen molar-refractivity contribution in [3.63, 3.8) is 0 Å². The molecule has 1 aromatic carbocycles. The number of para-hydroxylation sites is 1. The van der Waals surface area contributed by atoms with Crippen LogP contribution >= 0.6 is 0 Å². The molecule has 5 nitrogen and oxygen atoms in total. The summed E-state index contributed by atoms with van der Waals surface area (Å²) >= 11 is 0. The average Bonchev–Trinajstić information content (AvgIpc) is 2.86. The van der Waals surface area contributed by atoms with Crippen molar-refractivity contribution in [2.45, 2.75) is 6.18 Å². The van der Waals surface area contributed by atoms with Gasteiger partial charge >= 0.3 is 6.18 Å². The number of alkyl halides is 3. The maximum absolute atomic E-state index is 12.9. The molecule has 8 heteroatoms. The van der Waals surface area contributed by atoms with E-state index >= 15 is 0 Å². The molecule has 22 heavy (non-hydrogen) atoms. The molecule has 110 valence electrons. The molecule has 0 spiro atoms. The lowest BCUT2D eigenvalue weighted by Crippen LogP contribution is -2.20. The fraction of sp³-hybridized carbons (Fsp3) is 0.0714. The van der Waals surface area contributed by atoms with Gasteiger partial charge in [-0.1, -0.05) is 18.2 Å². The number of benzene rings is 1. The van der Waals surface area contributed by atoms with E-state index in [4.69, 9.17) is 0 Å². The second-order valence-electron chi connectivity index (χ2n) is 4.77. The second kappa shape index (κ2) is 4.06. The van der Waals surface area contributed by atoms with Crippen LogP contribution in [-0.4, -0.2) is 19.0 Å². The first-order valence-electron chi connectivity index (χ1n) is 6.33. The summed E-state index contributed by atoms with van der Waals surface area (Å²) in [4.78, 5) is 15.5. The Morgan fingerprint density at radius 2 is 1.82 bits per heavy atom. The topological polar surface area (TPSA) is 51.7 Å². The first kappa shape index (κ1) is 12.8. The van der Waals surface area contributed by atoms with E-state index < -0.39 is 17.4 Å². The molecule has 0 aliphatic heterocycles. The van der Waals surface area contributed by atoms with Gasteiger partial charge in [0.15, 0.2) is 11.3 Å². The van der Waals surface area contributed by atoms with Crippen molar-refractivity contribution < 1.29 is 13.2 Å². The Kier molecular flexibility index (Phi) is 2.37. The molecule has 0 bridgehead atoms. The standard InChI is InChI=1S/C14H7F3N4O/c15-14(16,17)10-7-12(22)21-13(18-10)20-9-4-2-1-3-8(9)5-6-11(20)19-21/h1-7H. The summed E-state index contributed by atoms with van der Waals surface area (Å²) in [7, 11) is 0. The average molecular weight is 304 g/mol. The number of nitrogens with zero attached hydrogens (tertiary/aromatic N) is 4. The summed E-state index contributed by atoms with van der Waals surface area (Å²) in [5.74, 6) is -0.161. The van der Waals surface area contributed by atoms with Gasteiger partial charge in [0, 0.05) is 6.07 Å². The molecule has 0 unspecified atom stereocenters. The maximum atomic E-state index is 12.9. The van der Waals surface area contributed by atoms with Gasteiger partial charge in [-0.05, 0) is 23.6 Å². The molecule has 0 aliphatic carbocycles. The molecule has 3 heterocycles. The maximum Gasteiger partial charge on any atom is 0.433 e. The molecule has 0 N–H and O–H groups in total. The smallest absolute Gasteiger partial charge is 0.267 e. The number of hydrogen-bond donors (Lipinski definition) is 0. The van der Waals surface area contributed by atoms with E-state index in [9.17, 15) is 18.0 Å². The molecule has 0 saturated carbocycles. The normalized spacial score (nSPS) is 12.5. The van der Waals surface area contributed by atoms with Gasteiger partial charge in [0.1, 0.15) is 0 Å². The summed E-state index contributed by atoms with van der Waals surface area (Å²) in [6.07, 6.45) is -4.69. The Labute approximate surface area is 120 Å². The summed E-state index contributed by atoms with van der Waals surface area (Å²) in [6.45, 7) is 0. The van der Waals surface area contributed by atoms with E-state index in [1.165, 1.54) is 4.40 Å². The summed E-state index contributed by atoms with van der Waals surface area (Å²) in [5.41, 5.74) is -1.12. The molecule has 4 aromatic rings.